The van der Waals surface area contributed by atoms with Crippen LogP contribution in [0, 0.1) is 0 Å². The van der Waals surface area contributed by atoms with Crippen LogP contribution in [0.4, 0.5) is 9.59 Å². The molecule has 23 heavy (non-hydrogen) atoms. The molecule has 0 saturated heterocycles. The molecule has 1 aliphatic rings. The first-order valence-corrected chi connectivity index (χ1v) is 6.85. The molecule has 1 heterocycles. The fraction of sp³-hybridized carbons (Fsp3) is 0.286. The Morgan fingerprint density at radius 1 is 1.48 bits per heavy atom. The van der Waals surface area contributed by atoms with E-state index in [0.717, 1.165) is 10.6 Å². The molecular formula is C14H18N6O3. The lowest BCUT2D eigenvalue weighted by Gasteiger charge is -2.25. The van der Waals surface area contributed by atoms with Gasteiger partial charge in [0.15, 0.2) is 0 Å². The first-order chi connectivity index (χ1) is 11.0. The number of hydrazine groups is 1. The van der Waals surface area contributed by atoms with Crippen molar-refractivity contribution in [3.63, 3.8) is 0 Å². The molecule has 0 atom stereocenters. The predicted molar refractivity (Wildman–Crippen MR) is 85.2 cm³/mol. The number of amides is 4. The van der Waals surface area contributed by atoms with Crippen LogP contribution in [-0.4, -0.2) is 42.1 Å². The number of ether oxygens (including phenoxy) is 1. The number of methoxy groups -OCH3 is 1. The van der Waals surface area contributed by atoms with Gasteiger partial charge in [-0.15, -0.1) is 0 Å². The highest BCUT2D eigenvalue weighted by atomic mass is 16.5. The van der Waals surface area contributed by atoms with Crippen molar-refractivity contribution < 1.29 is 14.3 Å². The molecule has 9 heteroatoms. The van der Waals surface area contributed by atoms with E-state index in [-0.39, 0.29) is 6.54 Å². The summed E-state index contributed by atoms with van der Waals surface area (Å²) in [4.78, 5) is 23.3. The third kappa shape index (κ3) is 4.43. The van der Waals surface area contributed by atoms with Crippen molar-refractivity contribution in [3.05, 3.63) is 29.8 Å². The number of hydrazone groups is 2. The summed E-state index contributed by atoms with van der Waals surface area (Å²) < 4.78 is 5.14. The van der Waals surface area contributed by atoms with Gasteiger partial charge >= 0.3 is 12.1 Å². The predicted octanol–water partition coefficient (Wildman–Crippen LogP) is 1.03. The van der Waals surface area contributed by atoms with Crippen molar-refractivity contribution in [2.45, 2.75) is 13.8 Å². The van der Waals surface area contributed by atoms with Gasteiger partial charge in [0.25, 0.3) is 0 Å². The Kier molecular flexibility index (Phi) is 5.13. The molecule has 0 saturated carbocycles. The number of urea groups is 2. The van der Waals surface area contributed by atoms with Crippen molar-refractivity contribution in [2.75, 3.05) is 13.7 Å². The van der Waals surface area contributed by atoms with E-state index in [2.05, 4.69) is 26.5 Å². The standard InChI is InChI=1S/C14H18N6O3/c1-9-8-20(14(22)18-15-9)19-13(21)17-16-10(2)11-5-4-6-12(7-11)23-3/h4-7H,8H2,1-3H3,(H,18,22)(H2,17,19,21)/b16-10+. The number of benzene rings is 1. The van der Waals surface area contributed by atoms with Crippen LogP contribution in [0.5, 0.6) is 5.75 Å². The second kappa shape index (κ2) is 7.25. The summed E-state index contributed by atoms with van der Waals surface area (Å²) in [5.41, 5.74) is 9.07. The van der Waals surface area contributed by atoms with Crippen molar-refractivity contribution >= 4 is 23.5 Å². The molecule has 0 spiro atoms. The zero-order valence-corrected chi connectivity index (χ0v) is 13.1. The molecular weight excluding hydrogens is 300 g/mol. The number of hydrogen-bond donors (Lipinski definition) is 3. The highest BCUT2D eigenvalue weighted by Crippen LogP contribution is 2.13. The third-order valence-electron chi connectivity index (χ3n) is 3.02. The summed E-state index contributed by atoms with van der Waals surface area (Å²) in [6, 6.07) is 6.15. The van der Waals surface area contributed by atoms with Gasteiger partial charge in [0.05, 0.1) is 25.1 Å². The summed E-state index contributed by atoms with van der Waals surface area (Å²) in [6.45, 7) is 3.69. The Balaban J connectivity index is 1.94. The first-order valence-electron chi connectivity index (χ1n) is 6.85. The maximum Gasteiger partial charge on any atom is 0.356 e. The molecule has 1 aromatic carbocycles. The zero-order chi connectivity index (χ0) is 16.8. The van der Waals surface area contributed by atoms with Crippen LogP contribution in [0.15, 0.2) is 34.5 Å². The minimum absolute atomic E-state index is 0.206. The molecule has 1 aliphatic heterocycles. The molecule has 4 amide bonds. The van der Waals surface area contributed by atoms with Crippen molar-refractivity contribution in [3.8, 4) is 5.75 Å². The number of nitrogens with one attached hydrogen (secondary N) is 3. The summed E-state index contributed by atoms with van der Waals surface area (Å²) in [5, 5.41) is 8.86. The first kappa shape index (κ1) is 16.3. The van der Waals surface area contributed by atoms with Crippen LogP contribution >= 0.6 is 0 Å². The van der Waals surface area contributed by atoms with E-state index in [1.54, 1.807) is 27.0 Å². The van der Waals surface area contributed by atoms with Gasteiger partial charge in [0.2, 0.25) is 0 Å². The normalized spacial score (nSPS) is 14.7. The number of nitrogens with zero attached hydrogens (tertiary/aromatic N) is 3. The fourth-order valence-electron chi connectivity index (χ4n) is 1.82. The van der Waals surface area contributed by atoms with Gasteiger partial charge in [-0.3, -0.25) is 0 Å². The molecule has 0 aromatic heterocycles. The summed E-state index contributed by atoms with van der Waals surface area (Å²) in [7, 11) is 1.58. The minimum atomic E-state index is -0.628. The van der Waals surface area contributed by atoms with Gasteiger partial charge in [-0.25, -0.2) is 30.9 Å². The van der Waals surface area contributed by atoms with E-state index in [0.29, 0.717) is 17.2 Å². The topological polar surface area (TPSA) is 107 Å². The van der Waals surface area contributed by atoms with E-state index in [1.807, 2.05) is 18.2 Å². The monoisotopic (exact) mass is 318 g/mol. The van der Waals surface area contributed by atoms with Crippen molar-refractivity contribution in [2.24, 2.45) is 10.2 Å². The number of hydrogen-bond acceptors (Lipinski definition) is 5. The Bertz CT molecular complexity index is 670. The summed E-state index contributed by atoms with van der Waals surface area (Å²) in [5.74, 6) is 0.696. The molecule has 0 bridgehead atoms. The number of carbonyl (C=O) groups excluding carboxylic acids is 2. The Morgan fingerprint density at radius 3 is 3.00 bits per heavy atom. The van der Waals surface area contributed by atoms with E-state index in [1.165, 1.54) is 0 Å². The van der Waals surface area contributed by atoms with E-state index in [4.69, 9.17) is 4.74 Å². The molecule has 3 N–H and O–H groups in total. The zero-order valence-electron chi connectivity index (χ0n) is 13.1. The smallest absolute Gasteiger partial charge is 0.356 e. The highest BCUT2D eigenvalue weighted by molar-refractivity contribution is 5.99. The lowest BCUT2D eigenvalue weighted by atomic mass is 10.1. The third-order valence-corrected chi connectivity index (χ3v) is 3.02. The second-order valence-electron chi connectivity index (χ2n) is 4.83. The van der Waals surface area contributed by atoms with Crippen molar-refractivity contribution in [1.29, 1.82) is 0 Å². The SMILES string of the molecule is COc1cccc(/C(C)=N/NC(=O)NN2CC(C)=NNC2=O)c1. The summed E-state index contributed by atoms with van der Waals surface area (Å²) >= 11 is 0. The Labute approximate surface area is 133 Å². The number of carbonyl (C=O) groups is 2. The Morgan fingerprint density at radius 2 is 2.26 bits per heavy atom. The largest absolute Gasteiger partial charge is 0.497 e. The Hall–Kier alpha value is -3.10. The second-order valence-corrected chi connectivity index (χ2v) is 4.83. The van der Waals surface area contributed by atoms with Crippen LogP contribution in [0.3, 0.4) is 0 Å². The van der Waals surface area contributed by atoms with Gasteiger partial charge in [-0.1, -0.05) is 12.1 Å². The molecule has 0 unspecified atom stereocenters. The van der Waals surface area contributed by atoms with Gasteiger partial charge in [-0.2, -0.15) is 10.2 Å². The van der Waals surface area contributed by atoms with E-state index >= 15 is 0 Å². The lowest BCUT2D eigenvalue weighted by molar-refractivity contribution is 0.173. The average molecular weight is 318 g/mol. The van der Waals surface area contributed by atoms with Crippen LogP contribution in [0.2, 0.25) is 0 Å². The maximum atomic E-state index is 11.8. The summed E-state index contributed by atoms with van der Waals surface area (Å²) in [6.07, 6.45) is 0. The van der Waals surface area contributed by atoms with E-state index < -0.39 is 12.1 Å². The van der Waals surface area contributed by atoms with Crippen molar-refractivity contribution in [1.82, 2.24) is 21.3 Å². The molecule has 0 aliphatic carbocycles. The molecule has 9 nitrogen and oxygen atoms in total. The molecule has 1 aromatic rings. The van der Waals surface area contributed by atoms with E-state index in [9.17, 15) is 9.59 Å². The molecule has 122 valence electrons. The minimum Gasteiger partial charge on any atom is -0.497 e. The van der Waals surface area contributed by atoms with Crippen LogP contribution in [-0.2, 0) is 0 Å². The molecule has 2 rings (SSSR count). The quantitative estimate of drug-likeness (QED) is 0.570. The van der Waals surface area contributed by atoms with Crippen LogP contribution < -0.4 is 21.0 Å². The fourth-order valence-corrected chi connectivity index (χ4v) is 1.82. The van der Waals surface area contributed by atoms with Crippen LogP contribution in [0.25, 0.3) is 0 Å². The van der Waals surface area contributed by atoms with Crippen LogP contribution in [0.1, 0.15) is 19.4 Å². The highest BCUT2D eigenvalue weighted by Gasteiger charge is 2.20. The molecule has 0 fully saturated rings. The maximum absolute atomic E-state index is 11.8. The number of rotatable bonds is 4. The molecule has 0 radical (unpaired) electrons. The lowest BCUT2D eigenvalue weighted by Crippen LogP contribution is -2.56. The van der Waals surface area contributed by atoms with Gasteiger partial charge in [-0.05, 0) is 26.0 Å². The van der Waals surface area contributed by atoms with Gasteiger partial charge < -0.3 is 4.74 Å². The van der Waals surface area contributed by atoms with Gasteiger partial charge in [0, 0.05) is 5.56 Å². The average Bonchev–Trinajstić information content (AvgIpc) is 2.56. The van der Waals surface area contributed by atoms with Gasteiger partial charge in [0.1, 0.15) is 5.75 Å².